The van der Waals surface area contributed by atoms with Gasteiger partial charge in [-0.1, -0.05) is 17.7 Å². The second-order valence-electron chi connectivity index (χ2n) is 6.68. The van der Waals surface area contributed by atoms with E-state index in [9.17, 15) is 0 Å². The second kappa shape index (κ2) is 5.82. The zero-order valence-corrected chi connectivity index (χ0v) is 14.5. The Hall–Kier alpha value is -2.56. The van der Waals surface area contributed by atoms with E-state index >= 15 is 0 Å². The summed E-state index contributed by atoms with van der Waals surface area (Å²) in [5, 5.41) is 4.46. The molecule has 0 bridgehead atoms. The maximum absolute atomic E-state index is 4.55. The number of nitrogens with zero attached hydrogens (tertiary/aromatic N) is 5. The molecule has 1 unspecified atom stereocenters. The average molecular weight is 321 g/mol. The molecule has 124 valence electrons. The van der Waals surface area contributed by atoms with E-state index in [0.717, 1.165) is 36.8 Å². The monoisotopic (exact) mass is 321 g/mol. The van der Waals surface area contributed by atoms with E-state index in [1.807, 2.05) is 23.7 Å². The lowest BCUT2D eigenvalue weighted by Gasteiger charge is -2.42. The molecule has 0 spiro atoms. The molecule has 4 rings (SSSR count). The molecule has 0 aliphatic carbocycles. The van der Waals surface area contributed by atoms with Gasteiger partial charge in [-0.15, -0.1) is 0 Å². The summed E-state index contributed by atoms with van der Waals surface area (Å²) in [6.45, 7) is 9.46. The van der Waals surface area contributed by atoms with Gasteiger partial charge in [-0.25, -0.2) is 4.98 Å². The molecule has 5 heteroatoms. The fourth-order valence-corrected chi connectivity index (χ4v) is 3.51. The van der Waals surface area contributed by atoms with E-state index in [4.69, 9.17) is 0 Å². The highest BCUT2D eigenvalue weighted by molar-refractivity contribution is 5.54. The van der Waals surface area contributed by atoms with Crippen molar-refractivity contribution in [3.63, 3.8) is 0 Å². The van der Waals surface area contributed by atoms with Crippen LogP contribution in [-0.4, -0.2) is 40.3 Å². The Bertz CT molecular complexity index is 852. The van der Waals surface area contributed by atoms with Crippen LogP contribution in [0, 0.1) is 13.8 Å². The first-order valence-corrected chi connectivity index (χ1v) is 8.51. The van der Waals surface area contributed by atoms with E-state index in [0.29, 0.717) is 6.04 Å². The van der Waals surface area contributed by atoms with Crippen LogP contribution in [0.25, 0.3) is 5.65 Å². The van der Waals surface area contributed by atoms with Gasteiger partial charge >= 0.3 is 0 Å². The Morgan fingerprint density at radius 2 is 1.83 bits per heavy atom. The first-order valence-electron chi connectivity index (χ1n) is 8.51. The van der Waals surface area contributed by atoms with Gasteiger partial charge in [0, 0.05) is 49.2 Å². The SMILES string of the molecule is Cc1ccc(N2CCN(c3cc(C)nc4ccnn34)C(C)C2)cc1. The number of benzene rings is 1. The summed E-state index contributed by atoms with van der Waals surface area (Å²) in [5.74, 6) is 1.14. The Balaban J connectivity index is 1.60. The molecule has 0 amide bonds. The van der Waals surface area contributed by atoms with Crippen molar-refractivity contribution in [2.24, 2.45) is 0 Å². The van der Waals surface area contributed by atoms with Crippen LogP contribution in [0.5, 0.6) is 0 Å². The van der Waals surface area contributed by atoms with E-state index in [2.05, 4.69) is 64.1 Å². The zero-order valence-electron chi connectivity index (χ0n) is 14.5. The minimum Gasteiger partial charge on any atom is -0.368 e. The molecule has 1 atom stereocenters. The van der Waals surface area contributed by atoms with Gasteiger partial charge in [0.2, 0.25) is 0 Å². The topological polar surface area (TPSA) is 36.7 Å². The maximum atomic E-state index is 4.55. The second-order valence-corrected chi connectivity index (χ2v) is 6.68. The van der Waals surface area contributed by atoms with Crippen molar-refractivity contribution in [1.82, 2.24) is 14.6 Å². The lowest BCUT2D eigenvalue weighted by molar-refractivity contribution is 0.540. The lowest BCUT2D eigenvalue weighted by atomic mass is 10.1. The minimum atomic E-state index is 0.411. The van der Waals surface area contributed by atoms with Crippen molar-refractivity contribution in [3.05, 3.63) is 53.9 Å². The number of anilines is 2. The third kappa shape index (κ3) is 2.60. The normalized spacial score (nSPS) is 18.4. The molecular weight excluding hydrogens is 298 g/mol. The highest BCUT2D eigenvalue weighted by atomic mass is 15.4. The summed E-state index contributed by atoms with van der Waals surface area (Å²) in [6, 6.07) is 13.3. The van der Waals surface area contributed by atoms with Crippen LogP contribution in [0.3, 0.4) is 0 Å². The fourth-order valence-electron chi connectivity index (χ4n) is 3.51. The molecule has 3 aromatic rings. The molecule has 2 aromatic heterocycles. The highest BCUT2D eigenvalue weighted by Crippen LogP contribution is 2.25. The number of hydrogen-bond donors (Lipinski definition) is 0. The molecule has 0 N–H and O–H groups in total. The van der Waals surface area contributed by atoms with Crippen molar-refractivity contribution in [3.8, 4) is 0 Å². The molecule has 0 radical (unpaired) electrons. The van der Waals surface area contributed by atoms with Crippen molar-refractivity contribution in [2.45, 2.75) is 26.8 Å². The minimum absolute atomic E-state index is 0.411. The van der Waals surface area contributed by atoms with Gasteiger partial charge in [-0.2, -0.15) is 9.61 Å². The number of hydrogen-bond acceptors (Lipinski definition) is 4. The van der Waals surface area contributed by atoms with Gasteiger partial charge in [-0.05, 0) is 32.9 Å². The van der Waals surface area contributed by atoms with Crippen LogP contribution in [-0.2, 0) is 0 Å². The first-order chi connectivity index (χ1) is 11.6. The molecule has 1 aliphatic heterocycles. The van der Waals surface area contributed by atoms with Crippen LogP contribution in [0.1, 0.15) is 18.2 Å². The molecule has 3 heterocycles. The van der Waals surface area contributed by atoms with Crippen LogP contribution in [0.15, 0.2) is 42.6 Å². The molecule has 1 aliphatic rings. The lowest BCUT2D eigenvalue weighted by Crippen LogP contribution is -2.52. The number of rotatable bonds is 2. The van der Waals surface area contributed by atoms with Crippen LogP contribution in [0.2, 0.25) is 0 Å². The number of piperazine rings is 1. The van der Waals surface area contributed by atoms with Gasteiger partial charge in [0.05, 0.1) is 6.20 Å². The van der Waals surface area contributed by atoms with Gasteiger partial charge in [-0.3, -0.25) is 0 Å². The molecule has 1 aromatic carbocycles. The standard InChI is InChI=1S/C19H23N5/c1-14-4-6-17(7-5-14)22-10-11-23(16(3)13-22)19-12-15(2)21-18-8-9-20-24(18)19/h4-9,12,16H,10-11,13H2,1-3H3. The highest BCUT2D eigenvalue weighted by Gasteiger charge is 2.26. The Labute approximate surface area is 142 Å². The predicted molar refractivity (Wildman–Crippen MR) is 97.9 cm³/mol. The summed E-state index contributed by atoms with van der Waals surface area (Å²) in [7, 11) is 0. The Kier molecular flexibility index (Phi) is 3.63. The van der Waals surface area contributed by atoms with Gasteiger partial charge in [0.1, 0.15) is 5.82 Å². The van der Waals surface area contributed by atoms with E-state index in [1.54, 1.807) is 0 Å². The molecule has 0 saturated carbocycles. The fraction of sp³-hybridized carbons (Fsp3) is 0.368. The Morgan fingerprint density at radius 3 is 2.58 bits per heavy atom. The summed E-state index contributed by atoms with van der Waals surface area (Å²) >= 11 is 0. The third-order valence-corrected chi connectivity index (χ3v) is 4.79. The first kappa shape index (κ1) is 15.0. The molecule has 24 heavy (non-hydrogen) atoms. The van der Waals surface area contributed by atoms with Crippen LogP contribution in [0.4, 0.5) is 11.5 Å². The number of fused-ring (bicyclic) bond motifs is 1. The number of aryl methyl sites for hydroxylation is 2. The zero-order chi connectivity index (χ0) is 16.7. The van der Waals surface area contributed by atoms with Crippen LogP contribution >= 0.6 is 0 Å². The predicted octanol–water partition coefficient (Wildman–Crippen LogP) is 3.06. The molecule has 1 saturated heterocycles. The van der Waals surface area contributed by atoms with Crippen molar-refractivity contribution in [1.29, 1.82) is 0 Å². The molecule has 1 fully saturated rings. The quantitative estimate of drug-likeness (QED) is 0.727. The van der Waals surface area contributed by atoms with Gasteiger partial charge in [0.25, 0.3) is 0 Å². The summed E-state index contributed by atoms with van der Waals surface area (Å²) in [6.07, 6.45) is 1.82. The van der Waals surface area contributed by atoms with Gasteiger partial charge in [0.15, 0.2) is 5.65 Å². The summed E-state index contributed by atoms with van der Waals surface area (Å²) in [5.41, 5.74) is 4.56. The van der Waals surface area contributed by atoms with Crippen LogP contribution < -0.4 is 9.80 Å². The Morgan fingerprint density at radius 1 is 1.04 bits per heavy atom. The van der Waals surface area contributed by atoms with Crippen molar-refractivity contribution >= 4 is 17.2 Å². The smallest absolute Gasteiger partial charge is 0.157 e. The van der Waals surface area contributed by atoms with Crippen molar-refractivity contribution < 1.29 is 0 Å². The average Bonchev–Trinajstić information content (AvgIpc) is 3.03. The third-order valence-electron chi connectivity index (χ3n) is 4.79. The largest absolute Gasteiger partial charge is 0.368 e. The van der Waals surface area contributed by atoms with E-state index in [1.165, 1.54) is 11.3 Å². The maximum Gasteiger partial charge on any atom is 0.157 e. The summed E-state index contributed by atoms with van der Waals surface area (Å²) < 4.78 is 1.95. The molecule has 5 nitrogen and oxygen atoms in total. The number of aromatic nitrogens is 3. The van der Waals surface area contributed by atoms with E-state index < -0.39 is 0 Å². The van der Waals surface area contributed by atoms with Gasteiger partial charge < -0.3 is 9.80 Å². The van der Waals surface area contributed by atoms with Crippen molar-refractivity contribution in [2.75, 3.05) is 29.4 Å². The molecular formula is C19H23N5. The van der Waals surface area contributed by atoms with E-state index in [-0.39, 0.29) is 0 Å². The summed E-state index contributed by atoms with van der Waals surface area (Å²) in [4.78, 5) is 9.46.